The first-order chi connectivity index (χ1) is 4.97. The molecule has 2 rings (SSSR count). The number of allylic oxidation sites excluding steroid dienone is 1. The average Bonchev–Trinajstić information content (AvgIpc) is 2.05. The Balaban J connectivity index is 2.23. The molecule has 0 aromatic rings. The lowest BCUT2D eigenvalue weighted by atomic mass is 9.98. The van der Waals surface area contributed by atoms with Gasteiger partial charge in [-0.25, -0.2) is 0 Å². The summed E-state index contributed by atoms with van der Waals surface area (Å²) in [6.45, 7) is 1.48. The Morgan fingerprint density at radius 2 is 2.50 bits per heavy atom. The van der Waals surface area contributed by atoms with Gasteiger partial charge in [0.2, 0.25) is 0 Å². The van der Waals surface area contributed by atoms with Gasteiger partial charge in [-0.15, -0.1) is 0 Å². The maximum Gasteiger partial charge on any atom is 0.0919 e. The SMILES string of the molecule is C1=CC2=C(CC1)CO[N]C2. The number of hydrogen-bond donors (Lipinski definition) is 0. The summed E-state index contributed by atoms with van der Waals surface area (Å²) in [5, 5.41) is 0. The number of nitrogens with zero attached hydrogens (tertiary/aromatic N) is 1. The summed E-state index contributed by atoms with van der Waals surface area (Å²) in [4.78, 5) is 4.97. The summed E-state index contributed by atoms with van der Waals surface area (Å²) < 4.78 is 0. The Hall–Kier alpha value is -0.600. The van der Waals surface area contributed by atoms with Crippen molar-refractivity contribution in [2.45, 2.75) is 12.8 Å². The fourth-order valence-corrected chi connectivity index (χ4v) is 1.33. The van der Waals surface area contributed by atoms with Crippen molar-refractivity contribution in [1.29, 1.82) is 0 Å². The fraction of sp³-hybridized carbons (Fsp3) is 0.500. The topological polar surface area (TPSA) is 23.3 Å². The second kappa shape index (κ2) is 2.56. The van der Waals surface area contributed by atoms with E-state index >= 15 is 0 Å². The molecule has 1 heterocycles. The molecule has 2 nitrogen and oxygen atoms in total. The lowest BCUT2D eigenvalue weighted by Crippen LogP contribution is -2.21. The zero-order chi connectivity index (χ0) is 6.81. The van der Waals surface area contributed by atoms with E-state index < -0.39 is 0 Å². The molecular formula is C8H10NO. The first-order valence-electron chi connectivity index (χ1n) is 3.63. The Morgan fingerprint density at radius 3 is 3.40 bits per heavy atom. The highest BCUT2D eigenvalue weighted by Crippen LogP contribution is 2.20. The molecule has 0 bridgehead atoms. The lowest BCUT2D eigenvalue weighted by molar-refractivity contribution is 0.0437. The van der Waals surface area contributed by atoms with E-state index in [0.29, 0.717) is 0 Å². The van der Waals surface area contributed by atoms with Crippen LogP contribution in [0.3, 0.4) is 0 Å². The van der Waals surface area contributed by atoms with Crippen LogP contribution in [0.5, 0.6) is 0 Å². The Morgan fingerprint density at radius 1 is 1.50 bits per heavy atom. The van der Waals surface area contributed by atoms with Crippen molar-refractivity contribution in [3.05, 3.63) is 23.3 Å². The largest absolute Gasteiger partial charge is 0.277 e. The Bertz CT molecular complexity index is 193. The first kappa shape index (κ1) is 6.13. The van der Waals surface area contributed by atoms with Gasteiger partial charge in [-0.2, -0.15) is 0 Å². The predicted molar refractivity (Wildman–Crippen MR) is 38.4 cm³/mol. The van der Waals surface area contributed by atoms with Crippen LogP contribution in [0.4, 0.5) is 0 Å². The molecule has 1 radical (unpaired) electrons. The first-order valence-corrected chi connectivity index (χ1v) is 3.63. The third-order valence-electron chi connectivity index (χ3n) is 1.95. The maximum atomic E-state index is 4.97. The third-order valence-corrected chi connectivity index (χ3v) is 1.95. The summed E-state index contributed by atoms with van der Waals surface area (Å²) >= 11 is 0. The molecule has 0 atom stereocenters. The van der Waals surface area contributed by atoms with E-state index in [4.69, 9.17) is 4.84 Å². The molecule has 0 saturated carbocycles. The van der Waals surface area contributed by atoms with E-state index in [-0.39, 0.29) is 0 Å². The number of rotatable bonds is 0. The van der Waals surface area contributed by atoms with Crippen LogP contribution in [0.15, 0.2) is 23.3 Å². The zero-order valence-electron chi connectivity index (χ0n) is 5.84. The van der Waals surface area contributed by atoms with E-state index in [9.17, 15) is 0 Å². The quantitative estimate of drug-likeness (QED) is 0.490. The molecule has 2 aliphatic rings. The minimum absolute atomic E-state index is 0.722. The van der Waals surface area contributed by atoms with Crippen molar-refractivity contribution in [3.8, 4) is 0 Å². The van der Waals surface area contributed by atoms with Crippen LogP contribution >= 0.6 is 0 Å². The van der Waals surface area contributed by atoms with Gasteiger partial charge in [-0.05, 0) is 24.0 Å². The van der Waals surface area contributed by atoms with Gasteiger partial charge in [0.25, 0.3) is 0 Å². The molecule has 53 valence electrons. The molecule has 0 amide bonds. The van der Waals surface area contributed by atoms with Gasteiger partial charge in [0, 0.05) is 0 Å². The summed E-state index contributed by atoms with van der Waals surface area (Å²) in [6.07, 6.45) is 6.72. The molecule has 0 aromatic carbocycles. The highest BCUT2D eigenvalue weighted by molar-refractivity contribution is 5.31. The second-order valence-corrected chi connectivity index (χ2v) is 2.63. The summed E-state index contributed by atoms with van der Waals surface area (Å²) in [7, 11) is 0. The molecule has 0 unspecified atom stereocenters. The van der Waals surface area contributed by atoms with E-state index in [1.54, 1.807) is 0 Å². The lowest BCUT2D eigenvalue weighted by Gasteiger charge is -2.19. The van der Waals surface area contributed by atoms with Crippen LogP contribution in [-0.2, 0) is 4.84 Å². The van der Waals surface area contributed by atoms with Crippen LogP contribution in [-0.4, -0.2) is 13.2 Å². The van der Waals surface area contributed by atoms with Crippen molar-refractivity contribution in [1.82, 2.24) is 5.48 Å². The van der Waals surface area contributed by atoms with Gasteiger partial charge in [0.15, 0.2) is 0 Å². The van der Waals surface area contributed by atoms with Crippen molar-refractivity contribution in [2.24, 2.45) is 0 Å². The van der Waals surface area contributed by atoms with Crippen LogP contribution in [0.2, 0.25) is 0 Å². The van der Waals surface area contributed by atoms with Crippen molar-refractivity contribution < 1.29 is 4.84 Å². The fourth-order valence-electron chi connectivity index (χ4n) is 1.33. The normalized spacial score (nSPS) is 24.8. The van der Waals surface area contributed by atoms with Gasteiger partial charge in [-0.1, -0.05) is 17.6 Å². The number of hydrogen-bond acceptors (Lipinski definition) is 1. The Kier molecular flexibility index (Phi) is 1.57. The Labute approximate surface area is 60.5 Å². The smallest absolute Gasteiger partial charge is 0.0919 e. The highest BCUT2D eigenvalue weighted by Gasteiger charge is 2.13. The third kappa shape index (κ3) is 1.00. The van der Waals surface area contributed by atoms with Crippen LogP contribution < -0.4 is 5.48 Å². The van der Waals surface area contributed by atoms with Gasteiger partial charge in [0.1, 0.15) is 0 Å². The second-order valence-electron chi connectivity index (χ2n) is 2.63. The summed E-state index contributed by atoms with van der Waals surface area (Å²) in [5.74, 6) is 0. The number of hydroxylamine groups is 1. The van der Waals surface area contributed by atoms with Gasteiger partial charge in [0.05, 0.1) is 13.2 Å². The van der Waals surface area contributed by atoms with E-state index in [2.05, 4.69) is 17.6 Å². The van der Waals surface area contributed by atoms with Gasteiger partial charge in [-0.3, -0.25) is 4.84 Å². The van der Waals surface area contributed by atoms with Gasteiger partial charge >= 0.3 is 0 Å². The molecule has 0 aromatic heterocycles. The minimum Gasteiger partial charge on any atom is -0.277 e. The maximum absolute atomic E-state index is 4.97. The van der Waals surface area contributed by atoms with Crippen LogP contribution in [0, 0.1) is 0 Å². The monoisotopic (exact) mass is 136 g/mol. The minimum atomic E-state index is 0.722. The molecule has 1 aliphatic carbocycles. The summed E-state index contributed by atoms with van der Waals surface area (Å²) in [5.41, 5.74) is 6.67. The zero-order valence-corrected chi connectivity index (χ0v) is 5.84. The molecule has 1 aliphatic heterocycles. The van der Waals surface area contributed by atoms with Crippen molar-refractivity contribution >= 4 is 0 Å². The highest BCUT2D eigenvalue weighted by atomic mass is 16.6. The van der Waals surface area contributed by atoms with E-state index in [1.807, 2.05) is 0 Å². The molecule has 0 spiro atoms. The van der Waals surface area contributed by atoms with E-state index in [1.165, 1.54) is 24.0 Å². The standard InChI is InChI=1S/C8H10NO/c1-2-4-8-6-10-9-5-7(8)3-1/h1,3H,2,4-6H2. The van der Waals surface area contributed by atoms with Gasteiger partial charge < -0.3 is 0 Å². The molecule has 0 saturated heterocycles. The molecular weight excluding hydrogens is 126 g/mol. The van der Waals surface area contributed by atoms with Crippen LogP contribution in [0.25, 0.3) is 0 Å². The van der Waals surface area contributed by atoms with Crippen molar-refractivity contribution in [2.75, 3.05) is 13.2 Å². The van der Waals surface area contributed by atoms with E-state index in [0.717, 1.165) is 13.2 Å². The average molecular weight is 136 g/mol. The summed E-state index contributed by atoms with van der Waals surface area (Å²) in [6, 6.07) is 0. The molecule has 10 heavy (non-hydrogen) atoms. The predicted octanol–water partition coefficient (Wildman–Crippen LogP) is 1.18. The van der Waals surface area contributed by atoms with Crippen molar-refractivity contribution in [3.63, 3.8) is 0 Å². The molecule has 0 N–H and O–H groups in total. The molecule has 2 heteroatoms. The molecule has 0 fully saturated rings. The van der Waals surface area contributed by atoms with Crippen LogP contribution in [0.1, 0.15) is 12.8 Å².